The molecule has 84 valence electrons. The molecule has 3 saturated carbocycles. The second kappa shape index (κ2) is 2.95. The van der Waals surface area contributed by atoms with Crippen LogP contribution in [0.3, 0.4) is 0 Å². The lowest BCUT2D eigenvalue weighted by Crippen LogP contribution is -2.78. The molecule has 4 heteroatoms. The van der Waals surface area contributed by atoms with E-state index in [0.29, 0.717) is 5.54 Å². The predicted molar refractivity (Wildman–Crippen MR) is 53.4 cm³/mol. The normalized spacial score (nSPS) is 44.1. The van der Waals surface area contributed by atoms with Crippen LogP contribution in [0.15, 0.2) is 0 Å². The molecule has 0 atom stereocenters. The van der Waals surface area contributed by atoms with Crippen molar-refractivity contribution in [2.24, 2.45) is 5.41 Å². The summed E-state index contributed by atoms with van der Waals surface area (Å²) in [6.45, 7) is 3.73. The van der Waals surface area contributed by atoms with Gasteiger partial charge in [0.1, 0.15) is 0 Å². The summed E-state index contributed by atoms with van der Waals surface area (Å²) in [5, 5.41) is 0. The zero-order valence-corrected chi connectivity index (χ0v) is 9.12. The lowest BCUT2D eigenvalue weighted by atomic mass is 9.38. The molecule has 15 heavy (non-hydrogen) atoms. The van der Waals surface area contributed by atoms with Crippen LogP contribution in [0, 0.1) is 5.41 Å². The molecule has 1 heterocycles. The fraction of sp³-hybridized carbons (Fsp3) is 0.909. The Kier molecular flexibility index (Phi) is 1.89. The van der Waals surface area contributed by atoms with Crippen molar-refractivity contribution < 1.29 is 14.3 Å². The topological polar surface area (TPSA) is 38.8 Å². The molecule has 1 saturated heterocycles. The summed E-state index contributed by atoms with van der Waals surface area (Å²) < 4.78 is 10.2. The van der Waals surface area contributed by atoms with Crippen LogP contribution in [0.2, 0.25) is 0 Å². The molecule has 2 bridgehead atoms. The number of carbonyl (C=O) groups is 1. The standard InChI is InChI=1S/C11H17NO3/c1-14-9(13)10-6-11(7-10,8-10)12-2-4-15-5-3-12/h2-8H2,1H3. The number of nitrogens with zero attached hydrogens (tertiary/aromatic N) is 1. The SMILES string of the molecule is COC(=O)C12CC(N3CCOCC3)(C1)C2. The lowest BCUT2D eigenvalue weighted by molar-refractivity contribution is -0.241. The van der Waals surface area contributed by atoms with Crippen LogP contribution >= 0.6 is 0 Å². The van der Waals surface area contributed by atoms with Gasteiger partial charge in [-0.05, 0) is 19.3 Å². The highest BCUT2D eigenvalue weighted by molar-refractivity contribution is 5.82. The van der Waals surface area contributed by atoms with Gasteiger partial charge in [-0.15, -0.1) is 0 Å². The first-order valence-corrected chi connectivity index (χ1v) is 5.62. The molecule has 0 spiro atoms. The summed E-state index contributed by atoms with van der Waals surface area (Å²) in [4.78, 5) is 14.0. The molecule has 1 aliphatic heterocycles. The summed E-state index contributed by atoms with van der Waals surface area (Å²) in [6, 6.07) is 0. The van der Waals surface area contributed by atoms with E-state index in [0.717, 1.165) is 45.6 Å². The van der Waals surface area contributed by atoms with E-state index >= 15 is 0 Å². The highest BCUT2D eigenvalue weighted by Crippen LogP contribution is 2.70. The summed E-state index contributed by atoms with van der Waals surface area (Å²) in [5.41, 5.74) is 0.227. The van der Waals surface area contributed by atoms with Gasteiger partial charge in [0.05, 0.1) is 25.7 Å². The van der Waals surface area contributed by atoms with Crippen LogP contribution in [0.1, 0.15) is 19.3 Å². The number of hydrogen-bond donors (Lipinski definition) is 0. The summed E-state index contributed by atoms with van der Waals surface area (Å²) in [7, 11) is 1.49. The van der Waals surface area contributed by atoms with Crippen LogP contribution in [0.25, 0.3) is 0 Å². The smallest absolute Gasteiger partial charge is 0.312 e. The van der Waals surface area contributed by atoms with Crippen molar-refractivity contribution >= 4 is 5.97 Å². The van der Waals surface area contributed by atoms with Crippen molar-refractivity contribution in [3.8, 4) is 0 Å². The van der Waals surface area contributed by atoms with Gasteiger partial charge in [0.25, 0.3) is 0 Å². The van der Waals surface area contributed by atoms with E-state index in [2.05, 4.69) is 4.90 Å². The van der Waals surface area contributed by atoms with Crippen molar-refractivity contribution in [3.05, 3.63) is 0 Å². The second-order valence-corrected chi connectivity index (χ2v) is 5.13. The lowest BCUT2D eigenvalue weighted by Gasteiger charge is -2.72. The summed E-state index contributed by atoms with van der Waals surface area (Å²) >= 11 is 0. The van der Waals surface area contributed by atoms with Gasteiger partial charge in [0.2, 0.25) is 0 Å². The fourth-order valence-corrected chi connectivity index (χ4v) is 3.54. The third-order valence-electron chi connectivity index (χ3n) is 4.30. The molecular formula is C11H17NO3. The molecule has 3 aliphatic carbocycles. The highest BCUT2D eigenvalue weighted by atomic mass is 16.5. The largest absolute Gasteiger partial charge is 0.469 e. The van der Waals surface area contributed by atoms with E-state index in [-0.39, 0.29) is 11.4 Å². The highest BCUT2D eigenvalue weighted by Gasteiger charge is 2.74. The van der Waals surface area contributed by atoms with Gasteiger partial charge in [-0.2, -0.15) is 0 Å². The molecule has 0 radical (unpaired) electrons. The maximum absolute atomic E-state index is 11.5. The summed E-state index contributed by atoms with van der Waals surface area (Å²) in [6.07, 6.45) is 3.02. The minimum atomic E-state index is -0.104. The van der Waals surface area contributed by atoms with E-state index in [1.807, 2.05) is 0 Å². The Labute approximate surface area is 89.5 Å². The zero-order valence-electron chi connectivity index (χ0n) is 9.12. The molecule has 4 nitrogen and oxygen atoms in total. The molecule has 4 fully saturated rings. The minimum Gasteiger partial charge on any atom is -0.469 e. The van der Waals surface area contributed by atoms with E-state index in [9.17, 15) is 4.79 Å². The Morgan fingerprint density at radius 2 is 1.87 bits per heavy atom. The van der Waals surface area contributed by atoms with E-state index < -0.39 is 0 Å². The minimum absolute atomic E-state index is 0.00219. The number of morpholine rings is 1. The number of rotatable bonds is 2. The van der Waals surface area contributed by atoms with E-state index in [4.69, 9.17) is 9.47 Å². The van der Waals surface area contributed by atoms with Crippen LogP contribution in [-0.2, 0) is 14.3 Å². The second-order valence-electron chi connectivity index (χ2n) is 5.13. The van der Waals surface area contributed by atoms with Crippen molar-refractivity contribution in [1.29, 1.82) is 0 Å². The van der Waals surface area contributed by atoms with E-state index in [1.165, 1.54) is 7.11 Å². The predicted octanol–water partition coefficient (Wildman–Crippen LogP) is 0.414. The van der Waals surface area contributed by atoms with Gasteiger partial charge in [-0.25, -0.2) is 0 Å². The van der Waals surface area contributed by atoms with Crippen molar-refractivity contribution in [2.45, 2.75) is 24.8 Å². The molecule has 0 aromatic carbocycles. The van der Waals surface area contributed by atoms with Gasteiger partial charge in [-0.1, -0.05) is 0 Å². The van der Waals surface area contributed by atoms with Gasteiger partial charge in [0.15, 0.2) is 0 Å². The molecule has 0 amide bonds. The average molecular weight is 211 g/mol. The van der Waals surface area contributed by atoms with Crippen molar-refractivity contribution in [3.63, 3.8) is 0 Å². The van der Waals surface area contributed by atoms with Gasteiger partial charge < -0.3 is 9.47 Å². The van der Waals surface area contributed by atoms with Crippen molar-refractivity contribution in [2.75, 3.05) is 33.4 Å². The number of methoxy groups -OCH3 is 1. The number of carbonyl (C=O) groups excluding carboxylic acids is 1. The Hall–Kier alpha value is -0.610. The first-order valence-electron chi connectivity index (χ1n) is 5.62. The monoisotopic (exact) mass is 211 g/mol. The third kappa shape index (κ3) is 1.12. The van der Waals surface area contributed by atoms with Crippen LogP contribution in [0.5, 0.6) is 0 Å². The molecule has 0 N–H and O–H groups in total. The van der Waals surface area contributed by atoms with Gasteiger partial charge in [0, 0.05) is 18.6 Å². The number of ether oxygens (including phenoxy) is 2. The number of esters is 1. The molecule has 4 aliphatic rings. The Bertz CT molecular complexity index is 276. The first kappa shape index (κ1) is 9.60. The third-order valence-corrected chi connectivity index (χ3v) is 4.30. The maximum Gasteiger partial charge on any atom is 0.312 e. The quantitative estimate of drug-likeness (QED) is 0.620. The fourth-order valence-electron chi connectivity index (χ4n) is 3.54. The Morgan fingerprint density at radius 1 is 1.27 bits per heavy atom. The first-order chi connectivity index (χ1) is 7.21. The zero-order chi connectivity index (χ0) is 10.5. The Morgan fingerprint density at radius 3 is 2.40 bits per heavy atom. The Balaban J connectivity index is 1.62. The number of hydrogen-bond acceptors (Lipinski definition) is 4. The van der Waals surface area contributed by atoms with E-state index in [1.54, 1.807) is 0 Å². The van der Waals surface area contributed by atoms with Gasteiger partial charge in [-0.3, -0.25) is 9.69 Å². The van der Waals surface area contributed by atoms with Crippen molar-refractivity contribution in [1.82, 2.24) is 4.90 Å². The van der Waals surface area contributed by atoms with Gasteiger partial charge >= 0.3 is 5.97 Å². The maximum atomic E-state index is 11.5. The van der Waals surface area contributed by atoms with Crippen LogP contribution < -0.4 is 0 Å². The molecule has 0 aromatic heterocycles. The molecular weight excluding hydrogens is 194 g/mol. The van der Waals surface area contributed by atoms with Crippen LogP contribution in [0.4, 0.5) is 0 Å². The molecule has 0 aromatic rings. The van der Waals surface area contributed by atoms with Crippen LogP contribution in [-0.4, -0.2) is 49.8 Å². The average Bonchev–Trinajstić information content (AvgIpc) is 2.15. The summed E-state index contributed by atoms with van der Waals surface area (Å²) in [5.74, 6) is -0.00219. The molecule has 0 unspecified atom stereocenters. The molecule has 4 rings (SSSR count).